The van der Waals surface area contributed by atoms with Crippen LogP contribution in [-0.2, 0) is 13.6 Å². The number of aryl methyl sites for hydroxylation is 1. The van der Waals surface area contributed by atoms with Crippen LogP contribution in [0.3, 0.4) is 0 Å². The second-order valence-electron chi connectivity index (χ2n) is 4.49. The van der Waals surface area contributed by atoms with Gasteiger partial charge >= 0.3 is 0 Å². The highest BCUT2D eigenvalue weighted by Gasteiger charge is 2.01. The number of aromatic nitrogens is 5. The van der Waals surface area contributed by atoms with Crippen LogP contribution in [0.4, 0.5) is 5.69 Å². The van der Waals surface area contributed by atoms with Gasteiger partial charge in [-0.3, -0.25) is 19.7 Å². The molecule has 0 radical (unpaired) electrons. The van der Waals surface area contributed by atoms with E-state index in [0.29, 0.717) is 6.54 Å². The van der Waals surface area contributed by atoms with Crippen LogP contribution in [0.5, 0.6) is 0 Å². The smallest absolute Gasteiger partial charge is 0.264 e. The van der Waals surface area contributed by atoms with Gasteiger partial charge in [-0.2, -0.15) is 0 Å². The van der Waals surface area contributed by atoms with Gasteiger partial charge in [0.05, 0.1) is 12.2 Å². The summed E-state index contributed by atoms with van der Waals surface area (Å²) in [7, 11) is 1.84. The Morgan fingerprint density at radius 1 is 1.25 bits per heavy atom. The van der Waals surface area contributed by atoms with E-state index in [0.717, 1.165) is 22.6 Å². The highest BCUT2D eigenvalue weighted by atomic mass is 16.1. The summed E-state index contributed by atoms with van der Waals surface area (Å²) in [5.41, 5.74) is 3.46. The highest BCUT2D eigenvalue weighted by Crippen LogP contribution is 2.18. The number of rotatable bonds is 4. The van der Waals surface area contributed by atoms with Crippen molar-refractivity contribution in [2.75, 3.05) is 5.32 Å². The Morgan fingerprint density at radius 3 is 2.65 bits per heavy atom. The van der Waals surface area contributed by atoms with Crippen LogP contribution < -0.4 is 10.9 Å². The van der Waals surface area contributed by atoms with Crippen LogP contribution in [0.15, 0.2) is 41.3 Å². The van der Waals surface area contributed by atoms with Gasteiger partial charge in [-0.1, -0.05) is 17.3 Å². The Labute approximate surface area is 114 Å². The third-order valence-electron chi connectivity index (χ3n) is 2.92. The molecule has 0 aliphatic heterocycles. The van der Waals surface area contributed by atoms with Gasteiger partial charge in [-0.15, -0.1) is 5.10 Å². The normalized spacial score (nSPS) is 10.7. The highest BCUT2D eigenvalue weighted by molar-refractivity contribution is 5.62. The molecule has 3 N–H and O–H groups in total. The monoisotopic (exact) mass is 270 g/mol. The van der Waals surface area contributed by atoms with Gasteiger partial charge in [-0.25, -0.2) is 0 Å². The largest absolute Gasteiger partial charge is 0.379 e. The lowest BCUT2D eigenvalue weighted by Crippen LogP contribution is -1.99. The summed E-state index contributed by atoms with van der Waals surface area (Å²) in [4.78, 5) is 11.1. The topological polar surface area (TPSA) is 91.4 Å². The molecular weight excluding hydrogens is 256 g/mol. The third kappa shape index (κ3) is 2.61. The second-order valence-corrected chi connectivity index (χ2v) is 4.49. The molecule has 7 nitrogen and oxygen atoms in total. The number of H-pyrrole nitrogens is 2. The number of hydrogen-bond acceptors (Lipinski definition) is 4. The molecule has 20 heavy (non-hydrogen) atoms. The summed E-state index contributed by atoms with van der Waals surface area (Å²) in [5.74, 6) is 0. The lowest BCUT2D eigenvalue weighted by atomic mass is 10.1. The Hall–Kier alpha value is -2.83. The Balaban J connectivity index is 1.68. The van der Waals surface area contributed by atoms with Crippen molar-refractivity contribution in [3.05, 3.63) is 52.6 Å². The van der Waals surface area contributed by atoms with Crippen LogP contribution in [0.1, 0.15) is 5.69 Å². The predicted molar refractivity (Wildman–Crippen MR) is 75.2 cm³/mol. The molecule has 0 atom stereocenters. The number of anilines is 1. The average Bonchev–Trinajstić information content (AvgIpc) is 3.06. The van der Waals surface area contributed by atoms with E-state index >= 15 is 0 Å². The molecular formula is C13H14N6O. The van der Waals surface area contributed by atoms with Crippen molar-refractivity contribution in [2.24, 2.45) is 7.05 Å². The van der Waals surface area contributed by atoms with Crippen LogP contribution >= 0.6 is 0 Å². The zero-order valence-corrected chi connectivity index (χ0v) is 10.9. The maximum Gasteiger partial charge on any atom is 0.264 e. The van der Waals surface area contributed by atoms with Gasteiger partial charge in [0, 0.05) is 25.0 Å². The lowest BCUT2D eigenvalue weighted by Gasteiger charge is -2.05. The Morgan fingerprint density at radius 2 is 2.05 bits per heavy atom. The van der Waals surface area contributed by atoms with Crippen molar-refractivity contribution in [1.82, 2.24) is 25.2 Å². The van der Waals surface area contributed by atoms with Gasteiger partial charge in [0.1, 0.15) is 5.69 Å². The van der Waals surface area contributed by atoms with Crippen LogP contribution in [-0.4, -0.2) is 25.2 Å². The van der Waals surface area contributed by atoms with E-state index in [4.69, 9.17) is 0 Å². The molecule has 2 heterocycles. The molecule has 0 bridgehead atoms. The average molecular weight is 270 g/mol. The van der Waals surface area contributed by atoms with Crippen LogP contribution in [0, 0.1) is 0 Å². The Bertz CT molecular complexity index is 752. The SMILES string of the molecule is Cn1cc(CNc2ccc(-c3cc(=O)[nH][nH]3)cc2)nn1. The molecule has 3 aromatic rings. The summed E-state index contributed by atoms with van der Waals surface area (Å²) in [6.45, 7) is 0.619. The molecule has 102 valence electrons. The molecule has 0 spiro atoms. The van der Waals surface area contributed by atoms with E-state index in [1.165, 1.54) is 6.07 Å². The van der Waals surface area contributed by atoms with Crippen molar-refractivity contribution in [3.8, 4) is 11.3 Å². The van der Waals surface area contributed by atoms with Crippen LogP contribution in [0.25, 0.3) is 11.3 Å². The maximum atomic E-state index is 11.1. The predicted octanol–water partition coefficient (Wildman–Crippen LogP) is 1.11. The molecule has 2 aromatic heterocycles. The van der Waals surface area contributed by atoms with Crippen LogP contribution in [0.2, 0.25) is 0 Å². The van der Waals surface area contributed by atoms with E-state index < -0.39 is 0 Å². The zero-order valence-electron chi connectivity index (χ0n) is 10.9. The first-order valence-electron chi connectivity index (χ1n) is 6.18. The molecule has 0 amide bonds. The van der Waals surface area contributed by atoms with Gasteiger partial charge in [0.25, 0.3) is 5.56 Å². The molecule has 0 saturated carbocycles. The second kappa shape index (κ2) is 5.04. The molecule has 0 aliphatic rings. The summed E-state index contributed by atoms with van der Waals surface area (Å²) in [6.07, 6.45) is 1.87. The molecule has 0 unspecified atom stereocenters. The first-order valence-corrected chi connectivity index (χ1v) is 6.18. The van der Waals surface area contributed by atoms with Crippen molar-refractivity contribution in [3.63, 3.8) is 0 Å². The van der Waals surface area contributed by atoms with Gasteiger partial charge in [0.2, 0.25) is 0 Å². The summed E-state index contributed by atoms with van der Waals surface area (Å²) in [5, 5.41) is 16.5. The first kappa shape index (κ1) is 12.2. The fourth-order valence-electron chi connectivity index (χ4n) is 1.92. The summed E-state index contributed by atoms with van der Waals surface area (Å²) >= 11 is 0. The molecule has 7 heteroatoms. The fraction of sp³-hybridized carbons (Fsp3) is 0.154. The van der Waals surface area contributed by atoms with E-state index in [9.17, 15) is 4.79 Å². The molecule has 0 fully saturated rings. The maximum absolute atomic E-state index is 11.1. The van der Waals surface area contributed by atoms with E-state index in [1.54, 1.807) is 4.68 Å². The van der Waals surface area contributed by atoms with Gasteiger partial charge in [0.15, 0.2) is 0 Å². The van der Waals surface area contributed by atoms with E-state index in [-0.39, 0.29) is 5.56 Å². The van der Waals surface area contributed by atoms with E-state index in [1.807, 2.05) is 37.5 Å². The standard InChI is InChI=1S/C13H14N6O/c1-19-8-11(15-18-19)7-14-10-4-2-9(3-5-10)12-6-13(20)17-16-12/h2-6,8,14H,7H2,1H3,(H2,16,17,20). The Kier molecular flexibility index (Phi) is 3.08. The first-order chi connectivity index (χ1) is 9.70. The number of aromatic amines is 2. The van der Waals surface area contributed by atoms with E-state index in [2.05, 4.69) is 25.8 Å². The molecule has 0 aliphatic carbocycles. The minimum absolute atomic E-state index is 0.134. The number of nitrogens with zero attached hydrogens (tertiary/aromatic N) is 3. The zero-order chi connectivity index (χ0) is 13.9. The summed E-state index contributed by atoms with van der Waals surface area (Å²) in [6, 6.07) is 9.33. The van der Waals surface area contributed by atoms with Crippen molar-refractivity contribution in [2.45, 2.75) is 6.54 Å². The number of benzene rings is 1. The number of nitrogens with one attached hydrogen (secondary N) is 3. The molecule has 1 aromatic carbocycles. The summed E-state index contributed by atoms with van der Waals surface area (Å²) < 4.78 is 1.67. The van der Waals surface area contributed by atoms with Gasteiger partial charge in [-0.05, 0) is 17.7 Å². The lowest BCUT2D eigenvalue weighted by molar-refractivity contribution is 0.713. The molecule has 3 rings (SSSR count). The van der Waals surface area contributed by atoms with Crippen molar-refractivity contribution >= 4 is 5.69 Å². The van der Waals surface area contributed by atoms with Crippen molar-refractivity contribution < 1.29 is 0 Å². The minimum Gasteiger partial charge on any atom is -0.379 e. The van der Waals surface area contributed by atoms with Crippen molar-refractivity contribution in [1.29, 1.82) is 0 Å². The number of hydrogen-bond donors (Lipinski definition) is 3. The third-order valence-corrected chi connectivity index (χ3v) is 2.92. The fourth-order valence-corrected chi connectivity index (χ4v) is 1.92. The minimum atomic E-state index is -0.134. The molecule has 0 saturated heterocycles. The van der Waals surface area contributed by atoms with Gasteiger partial charge < -0.3 is 5.32 Å². The quantitative estimate of drug-likeness (QED) is 0.662.